The molecular formula is C19H16Cl2N2O3S. The van der Waals surface area contributed by atoms with E-state index in [0.29, 0.717) is 47.6 Å². The van der Waals surface area contributed by atoms with Gasteiger partial charge in [-0.2, -0.15) is 0 Å². The van der Waals surface area contributed by atoms with E-state index >= 15 is 0 Å². The van der Waals surface area contributed by atoms with Crippen LogP contribution in [-0.4, -0.2) is 39.7 Å². The third-order valence-electron chi connectivity index (χ3n) is 4.49. The first kappa shape index (κ1) is 18.5. The summed E-state index contributed by atoms with van der Waals surface area (Å²) in [5, 5.41) is 1.65. The van der Waals surface area contributed by atoms with E-state index in [1.165, 1.54) is 18.3 Å². The van der Waals surface area contributed by atoms with Crippen molar-refractivity contribution in [3.8, 4) is 0 Å². The summed E-state index contributed by atoms with van der Waals surface area (Å²) in [6.45, 7) is 2.27. The van der Waals surface area contributed by atoms with Gasteiger partial charge in [0.15, 0.2) is 0 Å². The first-order valence-corrected chi connectivity index (χ1v) is 10.6. The standard InChI is InChI=1S/C19H16Cl2N2O3S/c20-13-2-1-3-15(10-13)27(24,25)18-12-22-17-11-14(21)4-5-16(17)19(18)23-6-8-26-9-7-23/h1-5,10-12H,6-9H2. The van der Waals surface area contributed by atoms with Crippen molar-refractivity contribution in [1.82, 2.24) is 4.98 Å². The summed E-state index contributed by atoms with van der Waals surface area (Å²) >= 11 is 12.1. The number of aromatic nitrogens is 1. The smallest absolute Gasteiger partial charge is 0.210 e. The van der Waals surface area contributed by atoms with Crippen molar-refractivity contribution < 1.29 is 13.2 Å². The number of anilines is 1. The predicted octanol–water partition coefficient (Wildman–Crippen LogP) is 4.21. The van der Waals surface area contributed by atoms with E-state index in [0.717, 1.165) is 5.39 Å². The van der Waals surface area contributed by atoms with Gasteiger partial charge in [-0.1, -0.05) is 29.3 Å². The number of hydrogen-bond acceptors (Lipinski definition) is 5. The lowest BCUT2D eigenvalue weighted by Gasteiger charge is -2.31. The third-order valence-corrected chi connectivity index (χ3v) is 6.71. The van der Waals surface area contributed by atoms with Gasteiger partial charge < -0.3 is 9.64 Å². The monoisotopic (exact) mass is 422 g/mol. The molecule has 1 saturated heterocycles. The van der Waals surface area contributed by atoms with Crippen LogP contribution in [-0.2, 0) is 14.6 Å². The van der Waals surface area contributed by atoms with Gasteiger partial charge in [-0.05, 0) is 36.4 Å². The lowest BCUT2D eigenvalue weighted by Crippen LogP contribution is -2.37. The zero-order valence-corrected chi connectivity index (χ0v) is 16.6. The normalized spacial score (nSPS) is 15.3. The molecule has 27 heavy (non-hydrogen) atoms. The first-order valence-electron chi connectivity index (χ1n) is 8.38. The Morgan fingerprint density at radius 1 is 1.00 bits per heavy atom. The Labute approximate surface area is 167 Å². The van der Waals surface area contributed by atoms with Crippen LogP contribution in [0.25, 0.3) is 10.9 Å². The fraction of sp³-hybridized carbons (Fsp3) is 0.211. The number of rotatable bonds is 3. The second-order valence-electron chi connectivity index (χ2n) is 6.19. The number of halogens is 2. The highest BCUT2D eigenvalue weighted by atomic mass is 35.5. The number of morpholine rings is 1. The van der Waals surface area contributed by atoms with Crippen LogP contribution in [0.15, 0.2) is 58.5 Å². The summed E-state index contributed by atoms with van der Waals surface area (Å²) in [4.78, 5) is 6.68. The molecule has 4 rings (SSSR count). The highest BCUT2D eigenvalue weighted by Crippen LogP contribution is 2.37. The minimum Gasteiger partial charge on any atom is -0.378 e. The van der Waals surface area contributed by atoms with E-state index in [1.807, 2.05) is 11.0 Å². The van der Waals surface area contributed by atoms with Crippen LogP contribution in [0.3, 0.4) is 0 Å². The number of ether oxygens (including phenoxy) is 1. The SMILES string of the molecule is O=S(=O)(c1cccc(Cl)c1)c1cnc2cc(Cl)ccc2c1N1CCOCC1. The number of pyridine rings is 1. The molecule has 0 atom stereocenters. The quantitative estimate of drug-likeness (QED) is 0.632. The van der Waals surface area contributed by atoms with E-state index in [1.54, 1.807) is 24.3 Å². The van der Waals surface area contributed by atoms with Gasteiger partial charge in [0.1, 0.15) is 4.90 Å². The molecule has 0 saturated carbocycles. The summed E-state index contributed by atoms with van der Waals surface area (Å²) in [5.41, 5.74) is 1.27. The van der Waals surface area contributed by atoms with E-state index in [-0.39, 0.29) is 9.79 Å². The molecule has 2 aromatic carbocycles. The molecule has 5 nitrogen and oxygen atoms in total. The average Bonchev–Trinajstić information content (AvgIpc) is 2.67. The van der Waals surface area contributed by atoms with Crippen molar-refractivity contribution in [2.75, 3.05) is 31.2 Å². The van der Waals surface area contributed by atoms with Gasteiger partial charge in [0.05, 0.1) is 29.3 Å². The number of benzene rings is 2. The van der Waals surface area contributed by atoms with Crippen LogP contribution < -0.4 is 4.90 Å². The zero-order chi connectivity index (χ0) is 19.0. The third kappa shape index (κ3) is 3.50. The first-order chi connectivity index (χ1) is 13.0. The van der Waals surface area contributed by atoms with Crippen LogP contribution in [0, 0.1) is 0 Å². The van der Waals surface area contributed by atoms with Gasteiger partial charge in [-0.25, -0.2) is 8.42 Å². The molecule has 1 aliphatic rings. The molecule has 1 aliphatic heterocycles. The Morgan fingerprint density at radius 2 is 1.74 bits per heavy atom. The molecule has 0 unspecified atom stereocenters. The maximum Gasteiger partial charge on any atom is 0.210 e. The molecule has 8 heteroatoms. The van der Waals surface area contributed by atoms with E-state index in [4.69, 9.17) is 27.9 Å². The molecule has 0 bridgehead atoms. The molecule has 0 aliphatic carbocycles. The highest BCUT2D eigenvalue weighted by molar-refractivity contribution is 7.91. The fourth-order valence-electron chi connectivity index (χ4n) is 3.20. The maximum atomic E-state index is 13.4. The number of nitrogens with zero attached hydrogens (tertiary/aromatic N) is 2. The second-order valence-corrected chi connectivity index (χ2v) is 8.98. The zero-order valence-electron chi connectivity index (χ0n) is 14.2. The highest BCUT2D eigenvalue weighted by Gasteiger charge is 2.28. The van der Waals surface area contributed by atoms with E-state index in [9.17, 15) is 8.42 Å². The molecule has 0 amide bonds. The summed E-state index contributed by atoms with van der Waals surface area (Å²) < 4.78 is 32.2. The van der Waals surface area contributed by atoms with Crippen molar-refractivity contribution in [2.24, 2.45) is 0 Å². The minimum atomic E-state index is -3.81. The van der Waals surface area contributed by atoms with Crippen molar-refractivity contribution >= 4 is 49.6 Å². The largest absolute Gasteiger partial charge is 0.378 e. The van der Waals surface area contributed by atoms with E-state index in [2.05, 4.69) is 4.98 Å². The molecule has 1 fully saturated rings. The van der Waals surface area contributed by atoms with Crippen LogP contribution in [0.1, 0.15) is 0 Å². The average molecular weight is 423 g/mol. The van der Waals surface area contributed by atoms with Crippen molar-refractivity contribution in [3.05, 3.63) is 58.7 Å². The maximum absolute atomic E-state index is 13.4. The van der Waals surface area contributed by atoms with Crippen LogP contribution in [0.5, 0.6) is 0 Å². The summed E-state index contributed by atoms with van der Waals surface area (Å²) in [6.07, 6.45) is 1.40. The molecule has 2 heterocycles. The van der Waals surface area contributed by atoms with Crippen molar-refractivity contribution in [2.45, 2.75) is 9.79 Å². The molecule has 1 aromatic heterocycles. The topological polar surface area (TPSA) is 59.5 Å². The minimum absolute atomic E-state index is 0.139. The van der Waals surface area contributed by atoms with Gasteiger partial charge in [-0.3, -0.25) is 4.98 Å². The van der Waals surface area contributed by atoms with Gasteiger partial charge in [0, 0.05) is 34.7 Å². The van der Waals surface area contributed by atoms with Crippen molar-refractivity contribution in [3.63, 3.8) is 0 Å². The van der Waals surface area contributed by atoms with Crippen LogP contribution >= 0.6 is 23.2 Å². The van der Waals surface area contributed by atoms with Gasteiger partial charge >= 0.3 is 0 Å². The van der Waals surface area contributed by atoms with Gasteiger partial charge in [0.25, 0.3) is 0 Å². The lowest BCUT2D eigenvalue weighted by molar-refractivity contribution is 0.122. The summed E-state index contributed by atoms with van der Waals surface area (Å²) in [7, 11) is -3.81. The Kier molecular flexibility index (Phi) is 4.99. The Bertz CT molecular complexity index is 1110. The van der Waals surface area contributed by atoms with E-state index < -0.39 is 9.84 Å². The lowest BCUT2D eigenvalue weighted by atomic mass is 10.1. The Balaban J connectivity index is 1.98. The fourth-order valence-corrected chi connectivity index (χ4v) is 5.10. The van der Waals surface area contributed by atoms with Crippen LogP contribution in [0.4, 0.5) is 5.69 Å². The Morgan fingerprint density at radius 3 is 2.48 bits per heavy atom. The van der Waals surface area contributed by atoms with Gasteiger partial charge in [-0.15, -0.1) is 0 Å². The molecule has 140 valence electrons. The number of fused-ring (bicyclic) bond motifs is 1. The second kappa shape index (κ2) is 7.28. The van der Waals surface area contributed by atoms with Crippen molar-refractivity contribution in [1.29, 1.82) is 0 Å². The molecule has 0 radical (unpaired) electrons. The van der Waals surface area contributed by atoms with Crippen LogP contribution in [0.2, 0.25) is 10.0 Å². The predicted molar refractivity (Wildman–Crippen MR) is 107 cm³/mol. The van der Waals surface area contributed by atoms with Gasteiger partial charge in [0.2, 0.25) is 9.84 Å². The number of hydrogen-bond donors (Lipinski definition) is 0. The number of sulfone groups is 1. The summed E-state index contributed by atoms with van der Waals surface area (Å²) in [6, 6.07) is 11.5. The summed E-state index contributed by atoms with van der Waals surface area (Å²) in [5.74, 6) is 0. The molecular weight excluding hydrogens is 407 g/mol. The Hall–Kier alpha value is -1.86. The molecule has 0 spiro atoms. The molecule has 0 N–H and O–H groups in total. The molecule has 3 aromatic rings.